The maximum Gasteiger partial charge on any atom is 0.526 e. The van der Waals surface area contributed by atoms with Crippen molar-refractivity contribution in [1.82, 2.24) is 0 Å². The molecule has 0 spiro atoms. The molecule has 0 radical (unpaired) electrons. The van der Waals surface area contributed by atoms with Crippen molar-refractivity contribution in [3.63, 3.8) is 0 Å². The second-order valence-corrected chi connectivity index (χ2v) is 6.75. The summed E-state index contributed by atoms with van der Waals surface area (Å²) in [5, 5.41) is 9.88. The van der Waals surface area contributed by atoms with Gasteiger partial charge in [-0.25, -0.2) is 9.18 Å². The van der Waals surface area contributed by atoms with Gasteiger partial charge in [-0.05, 0) is 36.8 Å². The van der Waals surface area contributed by atoms with Crippen molar-refractivity contribution in [2.75, 3.05) is 20.0 Å². The Morgan fingerprint density at radius 1 is 1.27 bits per heavy atom. The van der Waals surface area contributed by atoms with Crippen LogP contribution >= 0.6 is 0 Å². The van der Waals surface area contributed by atoms with Crippen LogP contribution in [0.15, 0.2) is 12.1 Å². The maximum absolute atomic E-state index is 14.2. The van der Waals surface area contributed by atoms with Gasteiger partial charge < -0.3 is 23.9 Å². The van der Waals surface area contributed by atoms with E-state index < -0.39 is 31.7 Å². The highest BCUT2D eigenvalue weighted by atomic mass is 19.1. The lowest BCUT2D eigenvalue weighted by Gasteiger charge is -2.22. The monoisotopic (exact) mass is 364 g/mol. The van der Waals surface area contributed by atoms with Crippen LogP contribution in [-0.4, -0.2) is 44.1 Å². The summed E-state index contributed by atoms with van der Waals surface area (Å²) in [6.45, 7) is 0.373. The molecule has 1 unspecified atom stereocenters. The van der Waals surface area contributed by atoms with Gasteiger partial charge in [-0.2, -0.15) is 0 Å². The molecule has 2 heterocycles. The lowest BCUT2D eigenvalue weighted by atomic mass is 9.77. The van der Waals surface area contributed by atoms with E-state index >= 15 is 0 Å². The van der Waals surface area contributed by atoms with Crippen molar-refractivity contribution in [3.8, 4) is 5.75 Å². The molecule has 0 aromatic heterocycles. The number of hydrogen-bond donors (Lipinski definition) is 1. The number of fused-ring (bicyclic) bond motifs is 3. The van der Waals surface area contributed by atoms with Crippen molar-refractivity contribution < 1.29 is 37.9 Å². The minimum atomic E-state index is -1.06. The number of carbonyl (C=O) groups excluding carboxylic acids is 2. The minimum Gasteiger partial charge on any atom is -0.535 e. The average molecular weight is 364 g/mol. The molecular formula is C17H18BFO7. The third kappa shape index (κ3) is 3.17. The highest BCUT2D eigenvalue weighted by molar-refractivity contribution is 6.48. The first kappa shape index (κ1) is 17.3. The second-order valence-electron chi connectivity index (χ2n) is 6.75. The Morgan fingerprint density at radius 2 is 2.04 bits per heavy atom. The molecule has 2 fully saturated rings. The zero-order chi connectivity index (χ0) is 18.3. The molecule has 4 rings (SSSR count). The minimum absolute atomic E-state index is 0.0111. The van der Waals surface area contributed by atoms with E-state index in [0.29, 0.717) is 31.6 Å². The van der Waals surface area contributed by atoms with Crippen LogP contribution in [0.25, 0.3) is 0 Å². The molecule has 2 atom stereocenters. The molecule has 2 aliphatic heterocycles. The zero-order valence-electron chi connectivity index (χ0n) is 14.0. The van der Waals surface area contributed by atoms with E-state index in [4.69, 9.17) is 18.9 Å². The van der Waals surface area contributed by atoms with E-state index in [1.54, 1.807) is 6.07 Å². The molecule has 0 bridgehead atoms. The molecule has 1 aromatic carbocycles. The highest BCUT2D eigenvalue weighted by Gasteiger charge is 2.54. The van der Waals surface area contributed by atoms with Crippen LogP contribution in [0.1, 0.15) is 41.1 Å². The van der Waals surface area contributed by atoms with Gasteiger partial charge in [0.2, 0.25) is 6.79 Å². The third-order valence-electron chi connectivity index (χ3n) is 5.13. The first-order chi connectivity index (χ1) is 12.6. The summed E-state index contributed by atoms with van der Waals surface area (Å²) < 4.78 is 34.6. The van der Waals surface area contributed by atoms with Crippen molar-refractivity contribution >= 4 is 19.1 Å². The number of hydrogen-bond acceptors (Lipinski definition) is 7. The van der Waals surface area contributed by atoms with Crippen LogP contribution in [0.5, 0.6) is 5.75 Å². The van der Waals surface area contributed by atoms with Gasteiger partial charge in [-0.1, -0.05) is 6.07 Å². The van der Waals surface area contributed by atoms with Crippen LogP contribution in [0.3, 0.4) is 0 Å². The van der Waals surface area contributed by atoms with Crippen molar-refractivity contribution in [3.05, 3.63) is 29.1 Å². The standard InChI is InChI=1S/C17H18BFO7/c19-13-2-1-10-11-7-12(11)18(22)26-15(10)14(13)17(21)25-8-24-16(20)9-3-5-23-6-4-9/h1-2,9,11-12,22H,3-8H2/t11?,12-/m1/s1. The summed E-state index contributed by atoms with van der Waals surface area (Å²) in [7, 11) is -1.06. The Kier molecular flexibility index (Phi) is 4.58. The van der Waals surface area contributed by atoms with Crippen molar-refractivity contribution in [2.24, 2.45) is 5.92 Å². The zero-order valence-corrected chi connectivity index (χ0v) is 14.0. The molecule has 0 amide bonds. The predicted octanol–water partition coefficient (Wildman–Crippen LogP) is 1.64. The van der Waals surface area contributed by atoms with Crippen LogP contribution in [0.4, 0.5) is 4.39 Å². The van der Waals surface area contributed by atoms with Gasteiger partial charge in [0.15, 0.2) is 0 Å². The van der Waals surface area contributed by atoms with Crippen LogP contribution in [0.2, 0.25) is 5.82 Å². The Morgan fingerprint density at radius 3 is 2.81 bits per heavy atom. The van der Waals surface area contributed by atoms with Gasteiger partial charge in [0, 0.05) is 19.0 Å². The van der Waals surface area contributed by atoms with Crippen LogP contribution in [-0.2, 0) is 19.0 Å². The normalized spacial score (nSPS) is 24.2. The number of rotatable bonds is 4. The summed E-state index contributed by atoms with van der Waals surface area (Å²) in [5.74, 6) is -2.50. The lowest BCUT2D eigenvalue weighted by molar-refractivity contribution is -0.160. The predicted molar refractivity (Wildman–Crippen MR) is 86.0 cm³/mol. The van der Waals surface area contributed by atoms with E-state index in [9.17, 15) is 19.0 Å². The molecule has 1 saturated heterocycles. The molecule has 26 heavy (non-hydrogen) atoms. The first-order valence-electron chi connectivity index (χ1n) is 8.65. The topological polar surface area (TPSA) is 91.3 Å². The first-order valence-corrected chi connectivity index (χ1v) is 8.65. The molecule has 138 valence electrons. The number of ether oxygens (including phenoxy) is 3. The van der Waals surface area contributed by atoms with Crippen LogP contribution < -0.4 is 4.65 Å². The molecule has 1 saturated carbocycles. The summed E-state index contributed by atoms with van der Waals surface area (Å²) in [4.78, 5) is 24.2. The Labute approximate surface area is 149 Å². The number of esters is 2. The van der Waals surface area contributed by atoms with Crippen molar-refractivity contribution in [2.45, 2.75) is 31.0 Å². The average Bonchev–Trinajstić information content (AvgIpc) is 3.44. The largest absolute Gasteiger partial charge is 0.535 e. The smallest absolute Gasteiger partial charge is 0.526 e. The second kappa shape index (κ2) is 6.88. The summed E-state index contributed by atoms with van der Waals surface area (Å²) in [5.41, 5.74) is 0.307. The molecule has 1 aromatic rings. The fourth-order valence-electron chi connectivity index (χ4n) is 3.54. The molecule has 9 heteroatoms. The SMILES string of the molecule is O=C(OCOC(=O)C1CCOCC1)c1c(F)ccc2c1OB(O)[C@@H]1CC21. The van der Waals surface area contributed by atoms with Crippen LogP contribution in [0, 0.1) is 11.7 Å². The molecule has 1 N–H and O–H groups in total. The molecule has 3 aliphatic rings. The number of benzene rings is 1. The van der Waals surface area contributed by atoms with E-state index in [-0.39, 0.29) is 29.0 Å². The van der Waals surface area contributed by atoms with E-state index in [2.05, 4.69) is 0 Å². The van der Waals surface area contributed by atoms with Gasteiger partial charge in [-0.15, -0.1) is 0 Å². The van der Waals surface area contributed by atoms with Gasteiger partial charge in [0.25, 0.3) is 0 Å². The van der Waals surface area contributed by atoms with Crippen molar-refractivity contribution in [1.29, 1.82) is 0 Å². The highest BCUT2D eigenvalue weighted by Crippen LogP contribution is 2.60. The quantitative estimate of drug-likeness (QED) is 0.493. The van der Waals surface area contributed by atoms with E-state index in [0.717, 1.165) is 6.42 Å². The van der Waals surface area contributed by atoms with E-state index in [1.165, 1.54) is 6.07 Å². The Balaban J connectivity index is 1.41. The van der Waals surface area contributed by atoms with Gasteiger partial charge in [-0.3, -0.25) is 4.79 Å². The molecular weight excluding hydrogens is 346 g/mol. The fraction of sp³-hybridized carbons (Fsp3) is 0.529. The number of carbonyl (C=O) groups is 2. The Bertz CT molecular complexity index is 734. The fourth-order valence-corrected chi connectivity index (χ4v) is 3.54. The van der Waals surface area contributed by atoms with Gasteiger partial charge in [0.05, 0.1) is 5.92 Å². The summed E-state index contributed by atoms with van der Waals surface area (Å²) in [6.07, 6.45) is 1.85. The third-order valence-corrected chi connectivity index (χ3v) is 5.13. The molecule has 1 aliphatic carbocycles. The maximum atomic E-state index is 14.2. The summed E-state index contributed by atoms with van der Waals surface area (Å²) >= 11 is 0. The summed E-state index contributed by atoms with van der Waals surface area (Å²) in [6, 6.07) is 2.74. The molecule has 7 nitrogen and oxygen atoms in total. The van der Waals surface area contributed by atoms with E-state index in [1.807, 2.05) is 0 Å². The van der Waals surface area contributed by atoms with Gasteiger partial charge in [0.1, 0.15) is 17.1 Å². The lowest BCUT2D eigenvalue weighted by Crippen LogP contribution is -2.28. The number of halogens is 1. The Hall–Kier alpha value is -2.13. The van der Waals surface area contributed by atoms with Gasteiger partial charge >= 0.3 is 19.1 Å².